The number of aryl methyl sites for hydroxylation is 2. The van der Waals surface area contributed by atoms with Gasteiger partial charge in [0, 0.05) is 50.1 Å². The van der Waals surface area contributed by atoms with Crippen LogP contribution in [0.2, 0.25) is 0 Å². The fourth-order valence-corrected chi connectivity index (χ4v) is 5.42. The number of carbonyl (C=O) groups is 2. The fourth-order valence-electron chi connectivity index (χ4n) is 4.19. The maximum absolute atomic E-state index is 12.8. The van der Waals surface area contributed by atoms with E-state index in [1.807, 2.05) is 60.0 Å². The lowest BCUT2D eigenvalue weighted by Gasteiger charge is -2.27. The average molecular weight is 462 g/mol. The standard InChI is InChI=1S/C25H27N5O2S/c1-17(18-6-4-3-5-7-18)14-23(31)28-25-20(15-26)19-10-12-30(16-21(19)33-25)24(32)9-8-22-27-11-13-29(22)2/h3-7,11,13,17H,8-10,12,14,16H2,1-2H3,(H,28,31)/t17-/m1/s1. The Morgan fingerprint density at radius 3 is 2.79 bits per heavy atom. The predicted octanol–water partition coefficient (Wildman–Crippen LogP) is 4.00. The number of amides is 2. The van der Waals surface area contributed by atoms with Gasteiger partial charge >= 0.3 is 0 Å². The van der Waals surface area contributed by atoms with Gasteiger partial charge in [0.25, 0.3) is 0 Å². The first kappa shape index (κ1) is 22.7. The van der Waals surface area contributed by atoms with Crippen LogP contribution < -0.4 is 5.32 Å². The lowest BCUT2D eigenvalue weighted by atomic mass is 9.97. The second-order valence-electron chi connectivity index (χ2n) is 8.40. The van der Waals surface area contributed by atoms with Gasteiger partial charge in [-0.15, -0.1) is 11.3 Å². The Bertz CT molecular complexity index is 1190. The summed E-state index contributed by atoms with van der Waals surface area (Å²) < 4.78 is 1.92. The molecule has 2 aromatic heterocycles. The average Bonchev–Trinajstić information content (AvgIpc) is 3.39. The second kappa shape index (κ2) is 10.0. The molecule has 2 amide bonds. The van der Waals surface area contributed by atoms with Crippen LogP contribution in [-0.4, -0.2) is 32.8 Å². The number of imidazole rings is 1. The second-order valence-corrected chi connectivity index (χ2v) is 9.51. The van der Waals surface area contributed by atoms with Crippen LogP contribution in [0.25, 0.3) is 0 Å². The number of nitriles is 1. The fraction of sp³-hybridized carbons (Fsp3) is 0.360. The van der Waals surface area contributed by atoms with Crippen LogP contribution in [0.1, 0.15) is 53.1 Å². The lowest BCUT2D eigenvalue weighted by Crippen LogP contribution is -2.35. The van der Waals surface area contributed by atoms with Crippen LogP contribution in [-0.2, 0) is 36.0 Å². The van der Waals surface area contributed by atoms with Crippen molar-refractivity contribution in [2.24, 2.45) is 7.05 Å². The largest absolute Gasteiger partial charge is 0.338 e. The van der Waals surface area contributed by atoms with Crippen molar-refractivity contribution in [1.29, 1.82) is 5.26 Å². The minimum absolute atomic E-state index is 0.0813. The van der Waals surface area contributed by atoms with Gasteiger partial charge in [-0.1, -0.05) is 37.3 Å². The number of anilines is 1. The number of hydrogen-bond donors (Lipinski definition) is 1. The summed E-state index contributed by atoms with van der Waals surface area (Å²) in [5, 5.41) is 13.3. The normalized spacial score (nSPS) is 13.8. The van der Waals surface area contributed by atoms with Crippen molar-refractivity contribution in [3.05, 3.63) is 70.1 Å². The molecule has 8 heteroatoms. The van der Waals surface area contributed by atoms with E-state index in [0.29, 0.717) is 49.3 Å². The van der Waals surface area contributed by atoms with Crippen LogP contribution in [0, 0.1) is 11.3 Å². The topological polar surface area (TPSA) is 91.0 Å². The number of aromatic nitrogens is 2. The summed E-state index contributed by atoms with van der Waals surface area (Å²) in [4.78, 5) is 32.6. The molecule has 0 saturated carbocycles. The summed E-state index contributed by atoms with van der Waals surface area (Å²) >= 11 is 1.41. The molecule has 0 aliphatic carbocycles. The van der Waals surface area contributed by atoms with Crippen molar-refractivity contribution >= 4 is 28.2 Å². The highest BCUT2D eigenvalue weighted by atomic mass is 32.1. The first-order valence-corrected chi connectivity index (χ1v) is 11.9. The third kappa shape index (κ3) is 5.15. The van der Waals surface area contributed by atoms with Gasteiger partial charge in [0.05, 0.1) is 12.1 Å². The van der Waals surface area contributed by atoms with Crippen molar-refractivity contribution in [3.63, 3.8) is 0 Å². The van der Waals surface area contributed by atoms with E-state index in [1.165, 1.54) is 11.3 Å². The lowest BCUT2D eigenvalue weighted by molar-refractivity contribution is -0.132. The number of thiophene rings is 1. The Balaban J connectivity index is 1.40. The first-order chi connectivity index (χ1) is 16.0. The highest BCUT2D eigenvalue weighted by Crippen LogP contribution is 2.37. The minimum atomic E-state index is -0.107. The third-order valence-corrected chi connectivity index (χ3v) is 7.25. The molecule has 0 bridgehead atoms. The zero-order valence-corrected chi connectivity index (χ0v) is 19.7. The molecule has 7 nitrogen and oxygen atoms in total. The highest BCUT2D eigenvalue weighted by Gasteiger charge is 2.27. The number of benzene rings is 1. The van der Waals surface area contributed by atoms with Gasteiger partial charge in [-0.25, -0.2) is 4.98 Å². The molecule has 1 N–H and O–H groups in total. The number of hydrogen-bond acceptors (Lipinski definition) is 5. The zero-order valence-electron chi connectivity index (χ0n) is 18.9. The van der Waals surface area contributed by atoms with Crippen molar-refractivity contribution in [3.8, 4) is 6.07 Å². The summed E-state index contributed by atoms with van der Waals surface area (Å²) in [6.07, 6.45) is 5.57. The molecule has 170 valence electrons. The molecule has 0 saturated heterocycles. The van der Waals surface area contributed by atoms with Gasteiger partial charge in [0.1, 0.15) is 16.9 Å². The molecule has 1 aliphatic rings. The van der Waals surface area contributed by atoms with Crippen LogP contribution in [0.15, 0.2) is 42.7 Å². The Kier molecular flexibility index (Phi) is 6.90. The van der Waals surface area contributed by atoms with Gasteiger partial charge < -0.3 is 14.8 Å². The van der Waals surface area contributed by atoms with Gasteiger partial charge in [0.2, 0.25) is 11.8 Å². The summed E-state index contributed by atoms with van der Waals surface area (Å²) in [6.45, 7) is 3.08. The molecule has 33 heavy (non-hydrogen) atoms. The van der Waals surface area contributed by atoms with E-state index in [4.69, 9.17) is 0 Å². The number of fused-ring (bicyclic) bond motifs is 1. The molecular formula is C25H27N5O2S. The van der Waals surface area contributed by atoms with E-state index in [-0.39, 0.29) is 17.7 Å². The van der Waals surface area contributed by atoms with Crippen molar-refractivity contribution < 1.29 is 9.59 Å². The van der Waals surface area contributed by atoms with Crippen LogP contribution in [0.3, 0.4) is 0 Å². The summed E-state index contributed by atoms with van der Waals surface area (Å²) in [5.74, 6) is 0.944. The predicted molar refractivity (Wildman–Crippen MR) is 128 cm³/mol. The smallest absolute Gasteiger partial charge is 0.225 e. The van der Waals surface area contributed by atoms with Gasteiger partial charge in [0.15, 0.2) is 0 Å². The molecule has 0 radical (unpaired) electrons. The number of carbonyl (C=O) groups excluding carboxylic acids is 2. The molecule has 4 rings (SSSR count). The Morgan fingerprint density at radius 1 is 1.30 bits per heavy atom. The molecule has 0 spiro atoms. The molecule has 3 heterocycles. The quantitative estimate of drug-likeness (QED) is 0.576. The van der Waals surface area contributed by atoms with Gasteiger partial charge in [-0.3, -0.25) is 9.59 Å². The van der Waals surface area contributed by atoms with E-state index in [2.05, 4.69) is 16.4 Å². The van der Waals surface area contributed by atoms with E-state index >= 15 is 0 Å². The molecule has 3 aromatic rings. The molecule has 1 aliphatic heterocycles. The Morgan fingerprint density at radius 2 is 2.09 bits per heavy atom. The molecule has 1 atom stereocenters. The summed E-state index contributed by atoms with van der Waals surface area (Å²) in [7, 11) is 1.92. The van der Waals surface area contributed by atoms with Crippen LogP contribution >= 0.6 is 11.3 Å². The number of nitrogens with one attached hydrogen (secondary N) is 1. The number of nitrogens with zero attached hydrogens (tertiary/aromatic N) is 4. The minimum Gasteiger partial charge on any atom is -0.338 e. The molecule has 0 unspecified atom stereocenters. The third-order valence-electron chi connectivity index (χ3n) is 6.12. The molecular weight excluding hydrogens is 434 g/mol. The van der Waals surface area contributed by atoms with E-state index in [1.54, 1.807) is 6.20 Å². The van der Waals surface area contributed by atoms with Crippen molar-refractivity contribution in [2.75, 3.05) is 11.9 Å². The maximum atomic E-state index is 12.8. The zero-order chi connectivity index (χ0) is 23.4. The van der Waals surface area contributed by atoms with Gasteiger partial charge in [-0.05, 0) is 23.5 Å². The van der Waals surface area contributed by atoms with Gasteiger partial charge in [-0.2, -0.15) is 5.26 Å². The number of rotatable bonds is 7. The van der Waals surface area contributed by atoms with Crippen LogP contribution in [0.5, 0.6) is 0 Å². The highest BCUT2D eigenvalue weighted by molar-refractivity contribution is 7.16. The Hall–Kier alpha value is -3.44. The maximum Gasteiger partial charge on any atom is 0.225 e. The molecule has 1 aromatic carbocycles. The summed E-state index contributed by atoms with van der Waals surface area (Å²) in [6, 6.07) is 12.2. The first-order valence-electron chi connectivity index (χ1n) is 11.1. The van der Waals surface area contributed by atoms with Crippen molar-refractivity contribution in [2.45, 2.75) is 45.1 Å². The van der Waals surface area contributed by atoms with E-state index < -0.39 is 0 Å². The SMILES string of the molecule is C[C@H](CC(=O)Nc1sc2c(c1C#N)CCN(C(=O)CCc1nccn1C)C2)c1ccccc1. The Labute approximate surface area is 197 Å². The van der Waals surface area contributed by atoms with Crippen LogP contribution in [0.4, 0.5) is 5.00 Å². The molecule has 0 fully saturated rings. The van der Waals surface area contributed by atoms with E-state index in [9.17, 15) is 14.9 Å². The monoisotopic (exact) mass is 461 g/mol. The van der Waals surface area contributed by atoms with Crippen molar-refractivity contribution in [1.82, 2.24) is 14.5 Å². The van der Waals surface area contributed by atoms with E-state index in [0.717, 1.165) is 21.8 Å². The summed E-state index contributed by atoms with van der Waals surface area (Å²) in [5.41, 5.74) is 2.61.